The molecule has 1 fully saturated rings. The fourth-order valence-corrected chi connectivity index (χ4v) is 2.48. The first-order valence-electron chi connectivity index (χ1n) is 6.83. The predicted molar refractivity (Wildman–Crippen MR) is 77.2 cm³/mol. The van der Waals surface area contributed by atoms with E-state index in [1.165, 1.54) is 11.6 Å². The molecule has 2 rings (SSSR count). The monoisotopic (exact) mass is 273 g/mol. The highest BCUT2D eigenvalue weighted by atomic mass is 16.4. The molecule has 20 heavy (non-hydrogen) atoms. The van der Waals surface area contributed by atoms with E-state index in [0.29, 0.717) is 6.54 Å². The summed E-state index contributed by atoms with van der Waals surface area (Å²) in [5, 5.41) is 8.85. The van der Waals surface area contributed by atoms with E-state index in [-0.39, 0.29) is 18.4 Å². The number of aliphatic carboxylic acids is 1. The quantitative estimate of drug-likeness (QED) is 0.857. The van der Waals surface area contributed by atoms with Gasteiger partial charge in [-0.15, -0.1) is 0 Å². The molecule has 106 valence electrons. The zero-order valence-electron chi connectivity index (χ0n) is 11.6. The van der Waals surface area contributed by atoms with Crippen molar-refractivity contribution in [2.24, 2.45) is 0 Å². The number of carbonyl (C=O) groups is 2. The van der Waals surface area contributed by atoms with Gasteiger partial charge in [0.05, 0.1) is 6.42 Å². The molecule has 4 heteroatoms. The molecule has 0 aromatic heterocycles. The van der Waals surface area contributed by atoms with Gasteiger partial charge in [0.1, 0.15) is 0 Å². The summed E-state index contributed by atoms with van der Waals surface area (Å²) in [7, 11) is 0. The van der Waals surface area contributed by atoms with Gasteiger partial charge in [-0.05, 0) is 31.4 Å². The van der Waals surface area contributed by atoms with Gasteiger partial charge in [0.2, 0.25) is 5.91 Å². The van der Waals surface area contributed by atoms with Gasteiger partial charge in [0, 0.05) is 18.7 Å². The summed E-state index contributed by atoms with van der Waals surface area (Å²) >= 11 is 0. The Kier molecular flexibility index (Phi) is 4.56. The van der Waals surface area contributed by atoms with Crippen LogP contribution in [0, 0.1) is 6.92 Å². The van der Waals surface area contributed by atoms with Crippen LogP contribution in [0.5, 0.6) is 0 Å². The second kappa shape index (κ2) is 6.37. The number of nitrogens with zero attached hydrogens (tertiary/aromatic N) is 1. The lowest BCUT2D eigenvalue weighted by Crippen LogP contribution is -2.35. The van der Waals surface area contributed by atoms with Crippen LogP contribution in [-0.4, -0.2) is 34.5 Å². The third-order valence-corrected chi connectivity index (χ3v) is 3.57. The van der Waals surface area contributed by atoms with Crippen LogP contribution in [-0.2, 0) is 9.59 Å². The number of aryl methyl sites for hydroxylation is 1. The van der Waals surface area contributed by atoms with E-state index in [1.807, 2.05) is 31.2 Å². The number of carboxylic acids is 1. The van der Waals surface area contributed by atoms with Crippen molar-refractivity contribution in [1.82, 2.24) is 4.90 Å². The second-order valence-corrected chi connectivity index (χ2v) is 5.17. The first-order valence-corrected chi connectivity index (χ1v) is 6.83. The number of likely N-dealkylation sites (tertiary alicyclic amines) is 1. The van der Waals surface area contributed by atoms with Crippen molar-refractivity contribution >= 4 is 18.0 Å². The van der Waals surface area contributed by atoms with Crippen LogP contribution in [0.4, 0.5) is 0 Å². The maximum Gasteiger partial charge on any atom is 0.305 e. The van der Waals surface area contributed by atoms with E-state index in [2.05, 4.69) is 0 Å². The third kappa shape index (κ3) is 3.70. The minimum absolute atomic E-state index is 0.0319. The number of carbonyl (C=O) groups excluding carboxylic acids is 1. The first-order chi connectivity index (χ1) is 9.56. The van der Waals surface area contributed by atoms with Crippen LogP contribution in [0.2, 0.25) is 0 Å². The summed E-state index contributed by atoms with van der Waals surface area (Å²) in [4.78, 5) is 24.6. The van der Waals surface area contributed by atoms with Crippen LogP contribution in [0.25, 0.3) is 6.08 Å². The molecule has 1 N–H and O–H groups in total. The lowest BCUT2D eigenvalue weighted by atomic mass is 10.1. The van der Waals surface area contributed by atoms with Gasteiger partial charge in [-0.3, -0.25) is 9.59 Å². The summed E-state index contributed by atoms with van der Waals surface area (Å²) in [6, 6.07) is 7.73. The molecule has 0 saturated carbocycles. The van der Waals surface area contributed by atoms with Crippen molar-refractivity contribution in [3.8, 4) is 0 Å². The van der Waals surface area contributed by atoms with Gasteiger partial charge < -0.3 is 10.0 Å². The number of amides is 1. The van der Waals surface area contributed by atoms with E-state index in [0.717, 1.165) is 18.4 Å². The number of rotatable bonds is 4. The van der Waals surface area contributed by atoms with Gasteiger partial charge in [-0.1, -0.05) is 29.8 Å². The standard InChI is InChI=1S/C16H19NO3/c1-12-4-6-13(7-5-12)8-9-15(18)17-10-2-3-14(17)11-16(19)20/h4-9,14H,2-3,10-11H2,1H3,(H,19,20)/b9-8+. The van der Waals surface area contributed by atoms with Gasteiger partial charge in [0.25, 0.3) is 0 Å². The summed E-state index contributed by atoms with van der Waals surface area (Å²) in [5.74, 6) is -0.952. The van der Waals surface area contributed by atoms with Crippen molar-refractivity contribution in [2.75, 3.05) is 6.54 Å². The molecule has 0 bridgehead atoms. The Hall–Kier alpha value is -2.10. The molecule has 0 spiro atoms. The highest BCUT2D eigenvalue weighted by Crippen LogP contribution is 2.20. The molecule has 1 atom stereocenters. The molecule has 0 radical (unpaired) electrons. The molecule has 1 aromatic carbocycles. The summed E-state index contributed by atoms with van der Waals surface area (Å²) in [5.41, 5.74) is 2.15. The molecule has 1 amide bonds. The number of hydrogen-bond donors (Lipinski definition) is 1. The topological polar surface area (TPSA) is 57.6 Å². The molecule has 1 aliphatic rings. The summed E-state index contributed by atoms with van der Waals surface area (Å²) in [6.07, 6.45) is 4.99. The fourth-order valence-electron chi connectivity index (χ4n) is 2.48. The molecule has 1 aliphatic heterocycles. The fraction of sp³-hybridized carbons (Fsp3) is 0.375. The average molecular weight is 273 g/mol. The Labute approximate surface area is 118 Å². The largest absolute Gasteiger partial charge is 0.481 e. The number of benzene rings is 1. The maximum atomic E-state index is 12.1. The predicted octanol–water partition coefficient (Wildman–Crippen LogP) is 2.47. The maximum absolute atomic E-state index is 12.1. The number of carboxylic acid groups (broad SMARTS) is 1. The summed E-state index contributed by atoms with van der Waals surface area (Å²) < 4.78 is 0. The highest BCUT2D eigenvalue weighted by molar-refractivity contribution is 5.92. The number of hydrogen-bond acceptors (Lipinski definition) is 2. The van der Waals surface area contributed by atoms with Crippen LogP contribution in [0.1, 0.15) is 30.4 Å². The van der Waals surface area contributed by atoms with Gasteiger partial charge in [0.15, 0.2) is 0 Å². The van der Waals surface area contributed by atoms with E-state index < -0.39 is 5.97 Å². The Bertz CT molecular complexity index is 519. The normalized spacial score (nSPS) is 18.6. The van der Waals surface area contributed by atoms with Crippen molar-refractivity contribution < 1.29 is 14.7 Å². The Balaban J connectivity index is 2.00. The molecule has 1 unspecified atom stereocenters. The van der Waals surface area contributed by atoms with E-state index in [9.17, 15) is 9.59 Å². The summed E-state index contributed by atoms with van der Waals surface area (Å²) in [6.45, 7) is 2.66. The van der Waals surface area contributed by atoms with Crippen molar-refractivity contribution in [3.05, 3.63) is 41.5 Å². The van der Waals surface area contributed by atoms with Crippen LogP contribution >= 0.6 is 0 Å². The Morgan fingerprint density at radius 3 is 2.70 bits per heavy atom. The molecule has 0 aliphatic carbocycles. The highest BCUT2D eigenvalue weighted by Gasteiger charge is 2.28. The van der Waals surface area contributed by atoms with E-state index >= 15 is 0 Å². The smallest absolute Gasteiger partial charge is 0.305 e. The van der Waals surface area contributed by atoms with Crippen molar-refractivity contribution in [1.29, 1.82) is 0 Å². The Morgan fingerprint density at radius 1 is 1.35 bits per heavy atom. The molecule has 1 heterocycles. The van der Waals surface area contributed by atoms with E-state index in [4.69, 9.17) is 5.11 Å². The molecule has 1 aromatic rings. The first kappa shape index (κ1) is 14.3. The SMILES string of the molecule is Cc1ccc(/C=C/C(=O)N2CCCC2CC(=O)O)cc1. The Morgan fingerprint density at radius 2 is 2.05 bits per heavy atom. The molecule has 4 nitrogen and oxygen atoms in total. The molecule has 1 saturated heterocycles. The average Bonchev–Trinajstić information content (AvgIpc) is 2.85. The molecular weight excluding hydrogens is 254 g/mol. The lowest BCUT2D eigenvalue weighted by Gasteiger charge is -2.21. The van der Waals surface area contributed by atoms with Crippen LogP contribution in [0.3, 0.4) is 0 Å². The molecular formula is C16H19NO3. The zero-order valence-corrected chi connectivity index (χ0v) is 11.6. The minimum Gasteiger partial charge on any atom is -0.481 e. The third-order valence-electron chi connectivity index (χ3n) is 3.57. The lowest BCUT2D eigenvalue weighted by molar-refractivity contribution is -0.139. The van der Waals surface area contributed by atoms with Gasteiger partial charge in [-0.25, -0.2) is 0 Å². The van der Waals surface area contributed by atoms with Crippen LogP contribution in [0.15, 0.2) is 30.3 Å². The van der Waals surface area contributed by atoms with E-state index in [1.54, 1.807) is 11.0 Å². The zero-order chi connectivity index (χ0) is 14.5. The van der Waals surface area contributed by atoms with Gasteiger partial charge >= 0.3 is 5.97 Å². The van der Waals surface area contributed by atoms with Gasteiger partial charge in [-0.2, -0.15) is 0 Å². The minimum atomic E-state index is -0.850. The van der Waals surface area contributed by atoms with Crippen LogP contribution < -0.4 is 0 Å². The van der Waals surface area contributed by atoms with Crippen molar-refractivity contribution in [2.45, 2.75) is 32.2 Å². The second-order valence-electron chi connectivity index (χ2n) is 5.17. The van der Waals surface area contributed by atoms with Crippen molar-refractivity contribution in [3.63, 3.8) is 0 Å².